The molecule has 0 heterocycles. The number of aliphatic hydroxyl groups excluding tert-OH is 2. The fourth-order valence-corrected chi connectivity index (χ4v) is 1.55. The minimum absolute atomic E-state index is 0.102. The molecule has 19 heavy (non-hydrogen) atoms. The van der Waals surface area contributed by atoms with Crippen molar-refractivity contribution in [2.75, 3.05) is 13.2 Å². The second-order valence-electron chi connectivity index (χ2n) is 5.14. The van der Waals surface area contributed by atoms with Crippen molar-refractivity contribution in [3.05, 3.63) is 12.3 Å². The number of aliphatic hydroxyl groups is 2. The van der Waals surface area contributed by atoms with Crippen LogP contribution in [0.15, 0.2) is 12.3 Å². The summed E-state index contributed by atoms with van der Waals surface area (Å²) in [4.78, 5) is 0. The number of rotatable bonds is 10. The molecule has 0 saturated carbocycles. The monoisotopic (exact) mass is 268 g/mol. The molecule has 0 rings (SSSR count). The molecule has 0 aliphatic carbocycles. The third-order valence-corrected chi connectivity index (χ3v) is 2.68. The van der Waals surface area contributed by atoms with Gasteiger partial charge in [-0.2, -0.15) is 0 Å². The van der Waals surface area contributed by atoms with E-state index in [4.69, 9.17) is 14.9 Å². The molecule has 0 spiro atoms. The van der Waals surface area contributed by atoms with Crippen molar-refractivity contribution in [1.82, 2.24) is 0 Å². The first-order chi connectivity index (χ1) is 9.16. The van der Waals surface area contributed by atoms with Crippen LogP contribution >= 0.6 is 0 Å². The molecule has 3 heteroatoms. The first kappa shape index (κ1) is 18.0. The van der Waals surface area contributed by atoms with E-state index in [2.05, 4.69) is 25.7 Å². The van der Waals surface area contributed by atoms with Gasteiger partial charge in [-0.1, -0.05) is 51.4 Å². The maximum Gasteiger partial charge on any atom is 0.115 e. The zero-order chi connectivity index (χ0) is 14.3. The Morgan fingerprint density at radius 3 is 2.58 bits per heavy atom. The third-order valence-electron chi connectivity index (χ3n) is 2.68. The van der Waals surface area contributed by atoms with E-state index in [-0.39, 0.29) is 13.2 Å². The minimum Gasteiger partial charge on any atom is -0.498 e. The maximum atomic E-state index is 8.99. The second-order valence-corrected chi connectivity index (χ2v) is 5.14. The summed E-state index contributed by atoms with van der Waals surface area (Å²) >= 11 is 0. The summed E-state index contributed by atoms with van der Waals surface area (Å²) in [6.07, 6.45) is 9.55. The Hall–Kier alpha value is -0.980. The fourth-order valence-electron chi connectivity index (χ4n) is 1.55. The van der Waals surface area contributed by atoms with Gasteiger partial charge in [0.05, 0.1) is 12.9 Å². The van der Waals surface area contributed by atoms with Gasteiger partial charge in [0, 0.05) is 12.5 Å². The molecule has 0 fully saturated rings. The summed E-state index contributed by atoms with van der Waals surface area (Å²) in [6, 6.07) is 0. The van der Waals surface area contributed by atoms with E-state index in [1.54, 1.807) is 6.08 Å². The average Bonchev–Trinajstić information content (AvgIpc) is 2.39. The molecular formula is C16H28O3. The molecule has 1 atom stereocenters. The van der Waals surface area contributed by atoms with Gasteiger partial charge < -0.3 is 14.9 Å². The van der Waals surface area contributed by atoms with Crippen LogP contribution in [0, 0.1) is 17.8 Å². The average molecular weight is 268 g/mol. The van der Waals surface area contributed by atoms with E-state index in [1.807, 2.05) is 0 Å². The fraction of sp³-hybridized carbons (Fsp3) is 0.750. The predicted octanol–water partition coefficient (Wildman–Crippen LogP) is 2.87. The van der Waals surface area contributed by atoms with Crippen molar-refractivity contribution in [3.63, 3.8) is 0 Å². The lowest BCUT2D eigenvalue weighted by atomic mass is 10.0. The van der Waals surface area contributed by atoms with Gasteiger partial charge in [-0.05, 0) is 12.3 Å². The van der Waals surface area contributed by atoms with Crippen LogP contribution in [0.3, 0.4) is 0 Å². The van der Waals surface area contributed by atoms with Crippen molar-refractivity contribution in [2.24, 2.45) is 5.92 Å². The molecule has 0 saturated heterocycles. The van der Waals surface area contributed by atoms with Crippen molar-refractivity contribution in [2.45, 2.75) is 58.5 Å². The van der Waals surface area contributed by atoms with Crippen LogP contribution in [0.25, 0.3) is 0 Å². The Labute approximate surface area is 117 Å². The van der Waals surface area contributed by atoms with Crippen molar-refractivity contribution >= 4 is 0 Å². The minimum atomic E-state index is -0.816. The zero-order valence-electron chi connectivity index (χ0n) is 12.3. The Morgan fingerprint density at radius 2 is 1.89 bits per heavy atom. The Morgan fingerprint density at radius 1 is 1.16 bits per heavy atom. The quantitative estimate of drug-likeness (QED) is 0.364. The van der Waals surface area contributed by atoms with Gasteiger partial charge in [0.15, 0.2) is 0 Å². The molecule has 0 radical (unpaired) electrons. The van der Waals surface area contributed by atoms with Crippen molar-refractivity contribution in [1.29, 1.82) is 0 Å². The molecule has 0 aromatic carbocycles. The molecule has 0 aliphatic heterocycles. The molecule has 2 N–H and O–H groups in total. The SMILES string of the molecule is CC(C)CCCCCCC#C/C=C\OC[C@@H](O)CO. The van der Waals surface area contributed by atoms with E-state index >= 15 is 0 Å². The van der Waals surface area contributed by atoms with Crippen LogP contribution in [0.5, 0.6) is 0 Å². The van der Waals surface area contributed by atoms with Crippen LogP contribution in [0.4, 0.5) is 0 Å². The van der Waals surface area contributed by atoms with E-state index in [1.165, 1.54) is 31.9 Å². The summed E-state index contributed by atoms with van der Waals surface area (Å²) in [5.74, 6) is 6.76. The first-order valence-electron chi connectivity index (χ1n) is 7.20. The van der Waals surface area contributed by atoms with E-state index in [9.17, 15) is 0 Å². The number of unbranched alkanes of at least 4 members (excludes halogenated alkanes) is 4. The van der Waals surface area contributed by atoms with E-state index < -0.39 is 6.10 Å². The normalized spacial score (nSPS) is 12.5. The lowest BCUT2D eigenvalue weighted by Gasteiger charge is -2.04. The van der Waals surface area contributed by atoms with Crippen molar-refractivity contribution in [3.8, 4) is 11.8 Å². The summed E-state index contributed by atoms with van der Waals surface area (Å²) < 4.78 is 4.98. The lowest BCUT2D eigenvalue weighted by molar-refractivity contribution is 0.0385. The summed E-state index contributed by atoms with van der Waals surface area (Å²) in [7, 11) is 0. The molecule has 0 aromatic heterocycles. The summed E-state index contributed by atoms with van der Waals surface area (Å²) in [6.45, 7) is 4.35. The maximum absolute atomic E-state index is 8.99. The standard InChI is InChI=1S/C16H28O3/c1-15(2)11-9-7-5-3-4-6-8-10-12-19-14-16(18)13-17/h10,12,15-18H,3-5,7,9,11,13-14H2,1-2H3/b12-10-/t16-/m0/s1. The van der Waals surface area contributed by atoms with Gasteiger partial charge in [0.1, 0.15) is 12.7 Å². The Bertz CT molecular complexity index is 273. The third kappa shape index (κ3) is 15.0. The predicted molar refractivity (Wildman–Crippen MR) is 78.5 cm³/mol. The second kappa shape index (κ2) is 13.5. The van der Waals surface area contributed by atoms with E-state index in [0.717, 1.165) is 18.8 Å². The zero-order valence-corrected chi connectivity index (χ0v) is 12.3. The molecule has 0 unspecified atom stereocenters. The highest BCUT2D eigenvalue weighted by Gasteiger charge is 1.98. The van der Waals surface area contributed by atoms with Gasteiger partial charge >= 0.3 is 0 Å². The van der Waals surface area contributed by atoms with Crippen LogP contribution in [0.2, 0.25) is 0 Å². The van der Waals surface area contributed by atoms with Crippen LogP contribution in [-0.4, -0.2) is 29.5 Å². The van der Waals surface area contributed by atoms with Crippen LogP contribution in [0.1, 0.15) is 52.4 Å². The van der Waals surface area contributed by atoms with Crippen LogP contribution in [-0.2, 0) is 4.74 Å². The van der Waals surface area contributed by atoms with Crippen LogP contribution < -0.4 is 0 Å². The topological polar surface area (TPSA) is 49.7 Å². The Kier molecular flexibility index (Phi) is 12.8. The van der Waals surface area contributed by atoms with Gasteiger partial charge in [-0.3, -0.25) is 0 Å². The molecule has 0 aliphatic rings. The van der Waals surface area contributed by atoms with E-state index in [0.29, 0.717) is 0 Å². The largest absolute Gasteiger partial charge is 0.498 e. The summed E-state index contributed by atoms with van der Waals surface area (Å²) in [5.41, 5.74) is 0. The van der Waals surface area contributed by atoms with Gasteiger partial charge in [-0.15, -0.1) is 0 Å². The molecule has 110 valence electrons. The molecule has 0 amide bonds. The molecule has 0 aromatic rings. The van der Waals surface area contributed by atoms with Crippen molar-refractivity contribution < 1.29 is 14.9 Å². The molecule has 0 bridgehead atoms. The summed E-state index contributed by atoms with van der Waals surface area (Å²) in [5, 5.41) is 17.5. The van der Waals surface area contributed by atoms with Gasteiger partial charge in [-0.25, -0.2) is 0 Å². The number of hydrogen-bond acceptors (Lipinski definition) is 3. The highest BCUT2D eigenvalue weighted by atomic mass is 16.5. The lowest BCUT2D eigenvalue weighted by Crippen LogP contribution is -2.17. The highest BCUT2D eigenvalue weighted by Crippen LogP contribution is 2.09. The molecular weight excluding hydrogens is 240 g/mol. The smallest absolute Gasteiger partial charge is 0.115 e. The molecule has 3 nitrogen and oxygen atoms in total. The Balaban J connectivity index is 3.33. The number of ether oxygens (including phenoxy) is 1. The highest BCUT2D eigenvalue weighted by molar-refractivity contribution is 5.13. The first-order valence-corrected chi connectivity index (χ1v) is 7.20. The van der Waals surface area contributed by atoms with Gasteiger partial charge in [0.2, 0.25) is 0 Å². The number of allylic oxidation sites excluding steroid dienone is 1. The van der Waals surface area contributed by atoms with Gasteiger partial charge in [0.25, 0.3) is 0 Å². The number of hydrogen-bond donors (Lipinski definition) is 2.